The lowest BCUT2D eigenvalue weighted by molar-refractivity contribution is 0.0353. The molecule has 1 aromatic rings. The van der Waals surface area contributed by atoms with Crippen molar-refractivity contribution in [3.63, 3.8) is 0 Å². The second kappa shape index (κ2) is 9.59. The number of rotatable bonds is 4. The second-order valence-corrected chi connectivity index (χ2v) is 4.36. The van der Waals surface area contributed by atoms with Crippen LogP contribution < -0.4 is 5.73 Å². The van der Waals surface area contributed by atoms with Crippen LogP contribution in [0.25, 0.3) is 0 Å². The van der Waals surface area contributed by atoms with Crippen molar-refractivity contribution in [2.75, 3.05) is 32.8 Å². The average molecular weight is 293 g/mol. The molecule has 1 atom stereocenters. The van der Waals surface area contributed by atoms with Gasteiger partial charge in [-0.05, 0) is 12.0 Å². The zero-order valence-corrected chi connectivity index (χ0v) is 12.1. The standard InChI is InChI=1S/C13H20N2O.2ClH/c14-13(10-12-4-2-1-3-5-12)11-15-6-8-16-9-7-15;;/h1-5,13H,6-11,14H2;2*1H/t13-;;/m0../s1. The largest absolute Gasteiger partial charge is 0.379 e. The van der Waals surface area contributed by atoms with E-state index in [-0.39, 0.29) is 30.9 Å². The SMILES string of the molecule is Cl.Cl.N[C@@H](Cc1ccccc1)CN1CCOCC1. The van der Waals surface area contributed by atoms with Gasteiger partial charge in [-0.2, -0.15) is 0 Å². The molecule has 1 heterocycles. The van der Waals surface area contributed by atoms with Crippen molar-refractivity contribution < 1.29 is 4.74 Å². The fourth-order valence-corrected chi connectivity index (χ4v) is 2.10. The van der Waals surface area contributed by atoms with E-state index in [2.05, 4.69) is 29.2 Å². The summed E-state index contributed by atoms with van der Waals surface area (Å²) in [5.74, 6) is 0. The Kier molecular flexibility index (Phi) is 9.42. The highest BCUT2D eigenvalue weighted by molar-refractivity contribution is 5.85. The molecular formula is C13H22Cl2N2O. The van der Waals surface area contributed by atoms with Crippen LogP contribution in [0.1, 0.15) is 5.56 Å². The molecule has 3 nitrogen and oxygen atoms in total. The Morgan fingerprint density at radius 3 is 2.33 bits per heavy atom. The van der Waals surface area contributed by atoms with E-state index in [4.69, 9.17) is 10.5 Å². The zero-order valence-electron chi connectivity index (χ0n) is 10.5. The zero-order chi connectivity index (χ0) is 11.2. The fourth-order valence-electron chi connectivity index (χ4n) is 2.10. The first-order valence-electron chi connectivity index (χ1n) is 5.94. The molecular weight excluding hydrogens is 271 g/mol. The maximum Gasteiger partial charge on any atom is 0.0594 e. The molecule has 0 radical (unpaired) electrons. The summed E-state index contributed by atoms with van der Waals surface area (Å²) in [7, 11) is 0. The smallest absolute Gasteiger partial charge is 0.0594 e. The number of ether oxygens (including phenoxy) is 1. The average Bonchev–Trinajstić information content (AvgIpc) is 2.31. The van der Waals surface area contributed by atoms with Crippen LogP contribution in [0.2, 0.25) is 0 Å². The summed E-state index contributed by atoms with van der Waals surface area (Å²) in [6.07, 6.45) is 0.957. The number of hydrogen-bond donors (Lipinski definition) is 1. The molecule has 104 valence electrons. The summed E-state index contributed by atoms with van der Waals surface area (Å²) in [5, 5.41) is 0. The van der Waals surface area contributed by atoms with E-state index in [1.54, 1.807) is 0 Å². The topological polar surface area (TPSA) is 38.5 Å². The molecule has 1 aliphatic heterocycles. The van der Waals surface area contributed by atoms with Crippen LogP contribution >= 0.6 is 24.8 Å². The van der Waals surface area contributed by atoms with Gasteiger partial charge in [0.05, 0.1) is 13.2 Å². The molecule has 18 heavy (non-hydrogen) atoms. The van der Waals surface area contributed by atoms with Gasteiger partial charge in [-0.3, -0.25) is 4.90 Å². The summed E-state index contributed by atoms with van der Waals surface area (Å²) in [6, 6.07) is 10.7. The minimum Gasteiger partial charge on any atom is -0.379 e. The van der Waals surface area contributed by atoms with Gasteiger partial charge in [-0.1, -0.05) is 30.3 Å². The van der Waals surface area contributed by atoms with Crippen LogP contribution in [0.3, 0.4) is 0 Å². The van der Waals surface area contributed by atoms with Gasteiger partial charge < -0.3 is 10.5 Å². The summed E-state index contributed by atoms with van der Waals surface area (Å²) < 4.78 is 5.32. The van der Waals surface area contributed by atoms with Gasteiger partial charge in [-0.15, -0.1) is 24.8 Å². The van der Waals surface area contributed by atoms with Crippen LogP contribution in [0.4, 0.5) is 0 Å². The predicted molar refractivity (Wildman–Crippen MR) is 79.9 cm³/mol. The summed E-state index contributed by atoms with van der Waals surface area (Å²) in [6.45, 7) is 4.69. The first kappa shape index (κ1) is 17.7. The number of nitrogens with two attached hydrogens (primary N) is 1. The second-order valence-electron chi connectivity index (χ2n) is 4.36. The highest BCUT2D eigenvalue weighted by atomic mass is 35.5. The normalized spacial score (nSPS) is 17.4. The molecule has 0 unspecified atom stereocenters. The van der Waals surface area contributed by atoms with Crippen LogP contribution in [0, 0.1) is 0 Å². The maximum absolute atomic E-state index is 6.15. The molecule has 0 aromatic heterocycles. The fraction of sp³-hybridized carbons (Fsp3) is 0.538. The number of halogens is 2. The van der Waals surface area contributed by atoms with Crippen LogP contribution in [-0.2, 0) is 11.2 Å². The number of benzene rings is 1. The maximum atomic E-state index is 6.15. The van der Waals surface area contributed by atoms with E-state index in [1.165, 1.54) is 5.56 Å². The highest BCUT2D eigenvalue weighted by Gasteiger charge is 2.13. The first-order valence-corrected chi connectivity index (χ1v) is 5.94. The van der Waals surface area contributed by atoms with Crippen LogP contribution in [0.5, 0.6) is 0 Å². The number of hydrogen-bond acceptors (Lipinski definition) is 3. The molecule has 0 aliphatic carbocycles. The molecule has 0 bridgehead atoms. The predicted octanol–water partition coefficient (Wildman–Crippen LogP) is 1.73. The minimum atomic E-state index is 0. The van der Waals surface area contributed by atoms with Crippen molar-refractivity contribution in [2.24, 2.45) is 5.73 Å². The minimum absolute atomic E-state index is 0. The highest BCUT2D eigenvalue weighted by Crippen LogP contribution is 2.04. The molecule has 0 spiro atoms. The van der Waals surface area contributed by atoms with Crippen molar-refractivity contribution in [1.82, 2.24) is 4.90 Å². The van der Waals surface area contributed by atoms with Crippen molar-refractivity contribution >= 4 is 24.8 Å². The van der Waals surface area contributed by atoms with Gasteiger partial charge in [0.25, 0.3) is 0 Å². The van der Waals surface area contributed by atoms with Crippen molar-refractivity contribution in [2.45, 2.75) is 12.5 Å². The molecule has 1 aromatic carbocycles. The quantitative estimate of drug-likeness (QED) is 0.919. The Balaban J connectivity index is 0.00000144. The van der Waals surface area contributed by atoms with E-state index in [0.717, 1.165) is 39.3 Å². The lowest BCUT2D eigenvalue weighted by Crippen LogP contribution is -2.44. The summed E-state index contributed by atoms with van der Waals surface area (Å²) >= 11 is 0. The molecule has 1 saturated heterocycles. The molecule has 0 amide bonds. The molecule has 2 rings (SSSR count). The Hall–Kier alpha value is -0.320. The first-order chi connectivity index (χ1) is 7.84. The van der Waals surface area contributed by atoms with E-state index in [0.29, 0.717) is 0 Å². The van der Waals surface area contributed by atoms with Crippen molar-refractivity contribution in [3.05, 3.63) is 35.9 Å². The summed E-state index contributed by atoms with van der Waals surface area (Å²) in [5.41, 5.74) is 7.48. The Morgan fingerprint density at radius 1 is 1.11 bits per heavy atom. The van der Waals surface area contributed by atoms with Crippen LogP contribution in [-0.4, -0.2) is 43.8 Å². The number of nitrogens with zero attached hydrogens (tertiary/aromatic N) is 1. The van der Waals surface area contributed by atoms with E-state index in [9.17, 15) is 0 Å². The molecule has 1 fully saturated rings. The van der Waals surface area contributed by atoms with Gasteiger partial charge >= 0.3 is 0 Å². The molecule has 1 aliphatic rings. The van der Waals surface area contributed by atoms with Crippen molar-refractivity contribution in [1.29, 1.82) is 0 Å². The van der Waals surface area contributed by atoms with Gasteiger partial charge in [0.2, 0.25) is 0 Å². The van der Waals surface area contributed by atoms with E-state index >= 15 is 0 Å². The van der Waals surface area contributed by atoms with Crippen molar-refractivity contribution in [3.8, 4) is 0 Å². The third kappa shape index (κ3) is 6.03. The lowest BCUT2D eigenvalue weighted by Gasteiger charge is -2.29. The van der Waals surface area contributed by atoms with E-state index in [1.807, 2.05) is 6.07 Å². The molecule has 0 saturated carbocycles. The molecule has 2 N–H and O–H groups in total. The Labute approximate surface area is 121 Å². The lowest BCUT2D eigenvalue weighted by atomic mass is 10.1. The van der Waals surface area contributed by atoms with Gasteiger partial charge in [0.15, 0.2) is 0 Å². The van der Waals surface area contributed by atoms with E-state index < -0.39 is 0 Å². The monoisotopic (exact) mass is 292 g/mol. The van der Waals surface area contributed by atoms with Gasteiger partial charge in [0, 0.05) is 25.7 Å². The Morgan fingerprint density at radius 2 is 1.72 bits per heavy atom. The van der Waals surface area contributed by atoms with Crippen LogP contribution in [0.15, 0.2) is 30.3 Å². The third-order valence-corrected chi connectivity index (χ3v) is 2.94. The molecule has 5 heteroatoms. The summed E-state index contributed by atoms with van der Waals surface area (Å²) in [4.78, 5) is 2.39. The van der Waals surface area contributed by atoms with Gasteiger partial charge in [0.1, 0.15) is 0 Å². The van der Waals surface area contributed by atoms with Gasteiger partial charge in [-0.25, -0.2) is 0 Å². The Bertz CT molecular complexity index is 305. The third-order valence-electron chi connectivity index (χ3n) is 2.94. The number of morpholine rings is 1.